The molecule has 1 aromatic heterocycles. The van der Waals surface area contributed by atoms with Crippen LogP contribution in [0.4, 0.5) is 0 Å². The number of H-pyrrole nitrogens is 1. The third-order valence-corrected chi connectivity index (χ3v) is 3.50. The number of halogens is 2. The number of hydrogen-bond acceptors (Lipinski definition) is 3. The predicted molar refractivity (Wildman–Crippen MR) is 80.2 cm³/mol. The van der Waals surface area contributed by atoms with E-state index in [4.69, 9.17) is 40.2 Å². The lowest BCUT2D eigenvalue weighted by atomic mass is 10.1. The highest BCUT2D eigenvalue weighted by Gasteiger charge is 2.08. The number of rotatable bonds is 4. The van der Waals surface area contributed by atoms with Crippen LogP contribution in [0.2, 0.25) is 10.0 Å². The summed E-state index contributed by atoms with van der Waals surface area (Å²) >= 11 is 17.4. The first kappa shape index (κ1) is 14.5. The number of ether oxygens (including phenoxy) is 1. The Labute approximate surface area is 126 Å². The fraction of sp³-hybridized carbons (Fsp3) is 0.231. The van der Waals surface area contributed by atoms with Crippen molar-refractivity contribution in [2.45, 2.75) is 13.5 Å². The van der Waals surface area contributed by atoms with E-state index >= 15 is 0 Å². The number of benzene rings is 1. The molecule has 0 bridgehead atoms. The van der Waals surface area contributed by atoms with E-state index in [9.17, 15) is 0 Å². The van der Waals surface area contributed by atoms with Crippen molar-refractivity contribution < 1.29 is 4.74 Å². The molecule has 19 heavy (non-hydrogen) atoms. The van der Waals surface area contributed by atoms with E-state index in [1.54, 1.807) is 12.1 Å². The molecule has 0 unspecified atom stereocenters. The molecule has 2 rings (SSSR count). The van der Waals surface area contributed by atoms with Gasteiger partial charge in [0.15, 0.2) is 0 Å². The quantitative estimate of drug-likeness (QED) is 0.835. The summed E-state index contributed by atoms with van der Waals surface area (Å²) in [5, 5.41) is 0.991. The van der Waals surface area contributed by atoms with Crippen molar-refractivity contribution in [3.05, 3.63) is 44.8 Å². The van der Waals surface area contributed by atoms with Gasteiger partial charge in [-0.1, -0.05) is 47.6 Å². The Morgan fingerprint density at radius 3 is 2.89 bits per heavy atom. The predicted octanol–water partition coefficient (Wildman–Crippen LogP) is 4.65. The molecule has 0 aliphatic heterocycles. The molecule has 0 amide bonds. The first-order valence-electron chi connectivity index (χ1n) is 5.74. The third-order valence-electron chi connectivity index (χ3n) is 2.48. The highest BCUT2D eigenvalue weighted by atomic mass is 35.5. The molecule has 1 N–H and O–H groups in total. The molecule has 0 saturated carbocycles. The maximum atomic E-state index is 6.20. The van der Waals surface area contributed by atoms with Crippen molar-refractivity contribution in [1.29, 1.82) is 0 Å². The van der Waals surface area contributed by atoms with Crippen LogP contribution in [0.25, 0.3) is 11.3 Å². The highest BCUT2D eigenvalue weighted by Crippen LogP contribution is 2.32. The van der Waals surface area contributed by atoms with Crippen LogP contribution in [0, 0.1) is 4.64 Å². The third kappa shape index (κ3) is 3.54. The van der Waals surface area contributed by atoms with E-state index in [0.29, 0.717) is 33.7 Å². The molecular weight excluding hydrogens is 303 g/mol. The van der Waals surface area contributed by atoms with Gasteiger partial charge in [0.05, 0.1) is 15.7 Å². The van der Waals surface area contributed by atoms with Crippen molar-refractivity contribution in [3.8, 4) is 11.3 Å². The van der Waals surface area contributed by atoms with Gasteiger partial charge in [0.1, 0.15) is 17.1 Å². The molecule has 3 nitrogen and oxygen atoms in total. The van der Waals surface area contributed by atoms with E-state index in [1.165, 1.54) is 0 Å². The zero-order valence-corrected chi connectivity index (χ0v) is 12.6. The number of hydrogen-bond donors (Lipinski definition) is 1. The Kier molecular flexibility index (Phi) is 4.93. The van der Waals surface area contributed by atoms with Crippen LogP contribution >= 0.6 is 35.4 Å². The first-order valence-corrected chi connectivity index (χ1v) is 6.90. The Bertz CT molecular complexity index is 643. The van der Waals surface area contributed by atoms with Gasteiger partial charge in [-0.15, -0.1) is 0 Å². The molecule has 2 aromatic rings. The van der Waals surface area contributed by atoms with Crippen molar-refractivity contribution in [1.82, 2.24) is 9.97 Å². The normalized spacial score (nSPS) is 10.7. The van der Waals surface area contributed by atoms with Gasteiger partial charge in [-0.25, -0.2) is 4.98 Å². The maximum Gasteiger partial charge on any atom is 0.134 e. The standard InChI is InChI=1S/C13H12Cl2N2OS/c1-2-18-7-11-16-10(6-12(19)17-11)8-4-3-5-9(14)13(8)15/h3-6H,2,7H2,1H3,(H,16,17,19). The Morgan fingerprint density at radius 2 is 2.16 bits per heavy atom. The van der Waals surface area contributed by atoms with Crippen LogP contribution in [-0.2, 0) is 11.3 Å². The molecule has 0 aliphatic carbocycles. The van der Waals surface area contributed by atoms with Crippen molar-refractivity contribution >= 4 is 35.4 Å². The van der Waals surface area contributed by atoms with Crippen LogP contribution in [0.15, 0.2) is 24.3 Å². The largest absolute Gasteiger partial charge is 0.374 e. The fourth-order valence-corrected chi connectivity index (χ4v) is 2.26. The van der Waals surface area contributed by atoms with Gasteiger partial charge in [0.2, 0.25) is 0 Å². The number of aromatic amines is 1. The second-order valence-electron chi connectivity index (χ2n) is 3.82. The van der Waals surface area contributed by atoms with E-state index in [-0.39, 0.29) is 0 Å². The Morgan fingerprint density at radius 1 is 1.37 bits per heavy atom. The fourth-order valence-electron chi connectivity index (χ4n) is 1.63. The zero-order chi connectivity index (χ0) is 13.8. The van der Waals surface area contributed by atoms with Crippen molar-refractivity contribution in [2.24, 2.45) is 0 Å². The van der Waals surface area contributed by atoms with Gasteiger partial charge in [0, 0.05) is 12.2 Å². The summed E-state index contributed by atoms with van der Waals surface area (Å²) < 4.78 is 5.81. The van der Waals surface area contributed by atoms with Gasteiger partial charge in [-0.3, -0.25) is 0 Å². The SMILES string of the molecule is CCOCc1nc(=S)cc(-c2cccc(Cl)c2Cl)[nH]1. The second-order valence-corrected chi connectivity index (χ2v) is 5.02. The lowest BCUT2D eigenvalue weighted by Crippen LogP contribution is -2.00. The molecule has 0 spiro atoms. The van der Waals surface area contributed by atoms with Gasteiger partial charge >= 0.3 is 0 Å². The van der Waals surface area contributed by atoms with Crippen LogP contribution in [0.3, 0.4) is 0 Å². The van der Waals surface area contributed by atoms with Crippen LogP contribution < -0.4 is 0 Å². The minimum absolute atomic E-state index is 0.381. The summed E-state index contributed by atoms with van der Waals surface area (Å²) in [6, 6.07) is 7.20. The minimum Gasteiger partial charge on any atom is -0.374 e. The second kappa shape index (κ2) is 6.48. The molecule has 0 fully saturated rings. The average molecular weight is 315 g/mol. The lowest BCUT2D eigenvalue weighted by molar-refractivity contribution is 0.128. The summed E-state index contributed by atoms with van der Waals surface area (Å²) in [4.78, 5) is 7.37. The van der Waals surface area contributed by atoms with E-state index in [1.807, 2.05) is 19.1 Å². The van der Waals surface area contributed by atoms with Crippen LogP contribution in [0.5, 0.6) is 0 Å². The highest BCUT2D eigenvalue weighted by molar-refractivity contribution is 7.71. The van der Waals surface area contributed by atoms with E-state index in [2.05, 4.69) is 9.97 Å². The maximum absolute atomic E-state index is 6.20. The summed E-state index contributed by atoms with van der Waals surface area (Å²) in [7, 11) is 0. The van der Waals surface area contributed by atoms with Gasteiger partial charge in [-0.2, -0.15) is 0 Å². The minimum atomic E-state index is 0.381. The van der Waals surface area contributed by atoms with Crippen LogP contribution in [0.1, 0.15) is 12.7 Å². The first-order chi connectivity index (χ1) is 9.11. The molecule has 100 valence electrons. The lowest BCUT2D eigenvalue weighted by Gasteiger charge is -2.08. The van der Waals surface area contributed by atoms with Gasteiger partial charge in [0.25, 0.3) is 0 Å². The van der Waals surface area contributed by atoms with Crippen molar-refractivity contribution in [3.63, 3.8) is 0 Å². The average Bonchev–Trinajstić information content (AvgIpc) is 2.39. The Hall–Kier alpha value is -0.940. The Balaban J connectivity index is 2.47. The van der Waals surface area contributed by atoms with E-state index in [0.717, 1.165) is 11.3 Å². The summed E-state index contributed by atoms with van der Waals surface area (Å²) in [5.41, 5.74) is 1.57. The van der Waals surface area contributed by atoms with Crippen LogP contribution in [-0.4, -0.2) is 16.6 Å². The summed E-state index contributed by atoms with van der Waals surface area (Å²) in [6.07, 6.45) is 0. The van der Waals surface area contributed by atoms with E-state index < -0.39 is 0 Å². The molecule has 6 heteroatoms. The molecule has 1 aromatic carbocycles. The topological polar surface area (TPSA) is 37.9 Å². The summed E-state index contributed by atoms with van der Waals surface area (Å²) in [5.74, 6) is 0.667. The van der Waals surface area contributed by atoms with Gasteiger partial charge < -0.3 is 9.72 Å². The molecular formula is C13H12Cl2N2OS. The number of nitrogens with one attached hydrogen (secondary N) is 1. The monoisotopic (exact) mass is 314 g/mol. The number of nitrogens with zero attached hydrogens (tertiary/aromatic N) is 1. The molecule has 0 aliphatic rings. The number of aromatic nitrogens is 2. The zero-order valence-electron chi connectivity index (χ0n) is 10.2. The van der Waals surface area contributed by atoms with Gasteiger partial charge in [-0.05, 0) is 19.1 Å². The molecule has 1 heterocycles. The smallest absolute Gasteiger partial charge is 0.134 e. The van der Waals surface area contributed by atoms with Crippen molar-refractivity contribution in [2.75, 3.05) is 6.61 Å². The molecule has 0 atom stereocenters. The molecule has 0 radical (unpaired) electrons. The summed E-state index contributed by atoms with van der Waals surface area (Å²) in [6.45, 7) is 2.92. The molecule has 0 saturated heterocycles.